The number of anilines is 1. The molecule has 2 fully saturated rings. The Morgan fingerprint density at radius 1 is 1.40 bits per heavy atom. The lowest BCUT2D eigenvalue weighted by Gasteiger charge is -2.38. The average molecular weight is 274 g/mol. The Labute approximate surface area is 119 Å². The summed E-state index contributed by atoms with van der Waals surface area (Å²) in [5.41, 5.74) is 6.23. The summed E-state index contributed by atoms with van der Waals surface area (Å²) in [4.78, 5) is 16.3. The van der Waals surface area contributed by atoms with Crippen molar-refractivity contribution in [3.05, 3.63) is 23.9 Å². The predicted octanol–water partition coefficient (Wildman–Crippen LogP) is 3.04. The van der Waals surface area contributed by atoms with Crippen LogP contribution < -0.4 is 5.73 Å². The van der Waals surface area contributed by atoms with Gasteiger partial charge in [-0.15, -0.1) is 0 Å². The lowest BCUT2D eigenvalue weighted by Crippen LogP contribution is -2.38. The van der Waals surface area contributed by atoms with Crippen LogP contribution in [0, 0.1) is 16.7 Å². The largest absolute Gasteiger partial charge is 0.457 e. The number of nitrogens with zero attached hydrogens (tertiary/aromatic N) is 1. The summed E-state index contributed by atoms with van der Waals surface area (Å²) < 4.78 is 5.77. The minimum atomic E-state index is -0.355. The number of nitrogen functional groups attached to an aromatic ring is 1. The van der Waals surface area contributed by atoms with E-state index in [1.807, 2.05) is 0 Å². The molecule has 108 valence electrons. The van der Waals surface area contributed by atoms with Gasteiger partial charge >= 0.3 is 5.97 Å². The summed E-state index contributed by atoms with van der Waals surface area (Å²) >= 11 is 0. The maximum Gasteiger partial charge on any atom is 0.357 e. The van der Waals surface area contributed by atoms with Crippen molar-refractivity contribution in [3.63, 3.8) is 0 Å². The van der Waals surface area contributed by atoms with Crippen molar-refractivity contribution in [1.82, 2.24) is 4.98 Å². The number of hydrogen-bond donors (Lipinski definition) is 1. The Hall–Kier alpha value is -1.58. The Morgan fingerprint density at radius 2 is 2.15 bits per heavy atom. The number of ether oxygens (including phenoxy) is 1. The van der Waals surface area contributed by atoms with Crippen LogP contribution in [0.3, 0.4) is 0 Å². The van der Waals surface area contributed by atoms with Gasteiger partial charge in [-0.05, 0) is 42.7 Å². The van der Waals surface area contributed by atoms with Crippen molar-refractivity contribution in [2.24, 2.45) is 16.7 Å². The molecule has 0 aliphatic heterocycles. The van der Waals surface area contributed by atoms with Gasteiger partial charge in [0, 0.05) is 5.41 Å². The van der Waals surface area contributed by atoms with Gasteiger partial charge in [0.15, 0.2) is 5.69 Å². The molecule has 2 N–H and O–H groups in total. The van der Waals surface area contributed by atoms with E-state index in [0.29, 0.717) is 17.4 Å². The average Bonchev–Trinajstić information content (AvgIpc) is 2.72. The molecule has 0 amide bonds. The maximum atomic E-state index is 12.2. The van der Waals surface area contributed by atoms with Gasteiger partial charge in [-0.3, -0.25) is 0 Å². The number of fused-ring (bicyclic) bond motifs is 2. The van der Waals surface area contributed by atoms with E-state index in [1.165, 1.54) is 6.42 Å². The molecule has 1 heterocycles. The van der Waals surface area contributed by atoms with Crippen LogP contribution in [-0.2, 0) is 4.74 Å². The molecule has 2 saturated carbocycles. The normalized spacial score (nSPS) is 34.1. The molecule has 3 unspecified atom stereocenters. The van der Waals surface area contributed by atoms with Crippen LogP contribution in [0.25, 0.3) is 0 Å². The minimum Gasteiger partial charge on any atom is -0.457 e. The first kappa shape index (κ1) is 13.4. The lowest BCUT2D eigenvalue weighted by molar-refractivity contribution is -0.0247. The molecule has 2 bridgehead atoms. The van der Waals surface area contributed by atoms with Gasteiger partial charge in [-0.1, -0.05) is 26.8 Å². The second-order valence-corrected chi connectivity index (χ2v) is 6.95. The number of rotatable bonds is 2. The summed E-state index contributed by atoms with van der Waals surface area (Å²) in [7, 11) is 0. The molecule has 4 heteroatoms. The van der Waals surface area contributed by atoms with Gasteiger partial charge in [0.05, 0.1) is 0 Å². The maximum absolute atomic E-state index is 12.2. The molecule has 3 rings (SSSR count). The van der Waals surface area contributed by atoms with Crippen LogP contribution in [-0.4, -0.2) is 17.1 Å². The first-order valence-electron chi connectivity index (χ1n) is 7.28. The van der Waals surface area contributed by atoms with E-state index in [2.05, 4.69) is 25.8 Å². The minimum absolute atomic E-state index is 0.00743. The van der Waals surface area contributed by atoms with Crippen LogP contribution >= 0.6 is 0 Å². The van der Waals surface area contributed by atoms with Gasteiger partial charge in [0.1, 0.15) is 11.9 Å². The Balaban J connectivity index is 1.78. The molecule has 0 saturated heterocycles. The summed E-state index contributed by atoms with van der Waals surface area (Å²) in [6.07, 6.45) is 3.34. The van der Waals surface area contributed by atoms with Crippen LogP contribution in [0.2, 0.25) is 0 Å². The van der Waals surface area contributed by atoms with Crippen LogP contribution in [0.4, 0.5) is 5.82 Å². The third-order valence-corrected chi connectivity index (χ3v) is 5.94. The SMILES string of the molecule is CC1(C)C2CCC1(C)C(OC(=O)c1cccc(N)n1)C2. The van der Waals surface area contributed by atoms with Crippen LogP contribution in [0.5, 0.6) is 0 Å². The highest BCUT2D eigenvalue weighted by Gasteiger charge is 2.62. The molecule has 0 radical (unpaired) electrons. The molecule has 3 atom stereocenters. The highest BCUT2D eigenvalue weighted by atomic mass is 16.5. The third-order valence-electron chi connectivity index (χ3n) is 5.94. The fourth-order valence-electron chi connectivity index (χ4n) is 4.06. The van der Waals surface area contributed by atoms with E-state index in [1.54, 1.807) is 18.2 Å². The first-order valence-corrected chi connectivity index (χ1v) is 7.28. The van der Waals surface area contributed by atoms with Crippen LogP contribution in [0.1, 0.15) is 50.5 Å². The molecule has 4 nitrogen and oxygen atoms in total. The van der Waals surface area contributed by atoms with Gasteiger partial charge in [-0.25, -0.2) is 9.78 Å². The standard InChI is InChI=1S/C16H22N2O2/c1-15(2)10-7-8-16(15,3)12(9-10)20-14(19)11-5-4-6-13(17)18-11/h4-6,10,12H,7-9H2,1-3H3,(H2,17,18). The van der Waals surface area contributed by atoms with Crippen molar-refractivity contribution in [1.29, 1.82) is 0 Å². The zero-order chi connectivity index (χ0) is 14.5. The number of esters is 1. The molecular weight excluding hydrogens is 252 g/mol. The fraction of sp³-hybridized carbons (Fsp3) is 0.625. The first-order chi connectivity index (χ1) is 9.34. The summed E-state index contributed by atoms with van der Waals surface area (Å²) in [5, 5.41) is 0. The van der Waals surface area contributed by atoms with E-state index < -0.39 is 0 Å². The fourth-order valence-corrected chi connectivity index (χ4v) is 4.06. The molecule has 2 aliphatic carbocycles. The molecule has 0 aromatic carbocycles. The van der Waals surface area contributed by atoms with Crippen molar-refractivity contribution in [2.45, 2.75) is 46.1 Å². The second kappa shape index (κ2) is 4.21. The van der Waals surface area contributed by atoms with Gasteiger partial charge in [0.25, 0.3) is 0 Å². The van der Waals surface area contributed by atoms with Gasteiger partial charge in [-0.2, -0.15) is 0 Å². The van der Waals surface area contributed by atoms with E-state index >= 15 is 0 Å². The Bertz CT molecular complexity index is 555. The molecular formula is C16H22N2O2. The summed E-state index contributed by atoms with van der Waals surface area (Å²) in [6.45, 7) is 6.86. The number of aromatic nitrogens is 1. The van der Waals surface area contributed by atoms with Crippen molar-refractivity contribution in [2.75, 3.05) is 5.73 Å². The summed E-state index contributed by atoms with van der Waals surface area (Å²) in [5.74, 6) is 0.643. The van der Waals surface area contributed by atoms with Crippen molar-refractivity contribution in [3.8, 4) is 0 Å². The molecule has 1 aromatic heterocycles. The Morgan fingerprint density at radius 3 is 2.70 bits per heavy atom. The quantitative estimate of drug-likeness (QED) is 0.842. The highest BCUT2D eigenvalue weighted by molar-refractivity contribution is 5.87. The van der Waals surface area contributed by atoms with Crippen LogP contribution in [0.15, 0.2) is 18.2 Å². The molecule has 1 aromatic rings. The monoisotopic (exact) mass is 274 g/mol. The van der Waals surface area contributed by atoms with E-state index in [0.717, 1.165) is 12.8 Å². The number of carbonyl (C=O) groups excluding carboxylic acids is 1. The van der Waals surface area contributed by atoms with E-state index in [4.69, 9.17) is 10.5 Å². The number of nitrogens with two attached hydrogens (primary N) is 1. The number of carbonyl (C=O) groups is 1. The summed E-state index contributed by atoms with van der Waals surface area (Å²) in [6, 6.07) is 5.05. The topological polar surface area (TPSA) is 65.2 Å². The zero-order valence-electron chi connectivity index (χ0n) is 12.3. The number of hydrogen-bond acceptors (Lipinski definition) is 4. The predicted molar refractivity (Wildman–Crippen MR) is 77.1 cm³/mol. The zero-order valence-corrected chi connectivity index (χ0v) is 12.3. The molecule has 20 heavy (non-hydrogen) atoms. The molecule has 0 spiro atoms. The third kappa shape index (κ3) is 1.74. The smallest absolute Gasteiger partial charge is 0.357 e. The second-order valence-electron chi connectivity index (χ2n) is 6.95. The van der Waals surface area contributed by atoms with E-state index in [-0.39, 0.29) is 22.9 Å². The lowest BCUT2D eigenvalue weighted by atomic mass is 9.70. The van der Waals surface area contributed by atoms with E-state index in [9.17, 15) is 4.79 Å². The van der Waals surface area contributed by atoms with Crippen molar-refractivity contribution < 1.29 is 9.53 Å². The molecule has 2 aliphatic rings. The van der Waals surface area contributed by atoms with Gasteiger partial charge < -0.3 is 10.5 Å². The highest BCUT2D eigenvalue weighted by Crippen LogP contribution is 2.66. The van der Waals surface area contributed by atoms with Gasteiger partial charge in [0.2, 0.25) is 0 Å². The number of pyridine rings is 1. The Kier molecular flexibility index (Phi) is 2.82. The van der Waals surface area contributed by atoms with Crippen molar-refractivity contribution >= 4 is 11.8 Å².